The second kappa shape index (κ2) is 10.3. The number of carbonyl (C=O) groups excluding carboxylic acids is 1. The summed E-state index contributed by atoms with van der Waals surface area (Å²) in [5.74, 6) is 1.35. The number of likely N-dealkylation sites (tertiary alicyclic amines) is 1. The van der Waals surface area contributed by atoms with E-state index in [4.69, 9.17) is 19.6 Å². The molecular formula is C29H33N5O5. The molecule has 1 aromatic carbocycles. The maximum Gasteiger partial charge on any atom is 0.404 e. The Morgan fingerprint density at radius 3 is 2.72 bits per heavy atom. The van der Waals surface area contributed by atoms with Crippen molar-refractivity contribution in [1.29, 1.82) is 0 Å². The summed E-state index contributed by atoms with van der Waals surface area (Å²) in [6.45, 7) is 2.24. The molecule has 204 valence electrons. The highest BCUT2D eigenvalue weighted by atomic mass is 16.5. The van der Waals surface area contributed by atoms with E-state index in [-0.39, 0.29) is 11.9 Å². The van der Waals surface area contributed by atoms with Crippen LogP contribution in [0.2, 0.25) is 0 Å². The molecule has 2 aliphatic rings. The van der Waals surface area contributed by atoms with Crippen LogP contribution in [0.4, 0.5) is 4.79 Å². The second-order valence-corrected chi connectivity index (χ2v) is 10.5. The van der Waals surface area contributed by atoms with Crippen LogP contribution in [0.3, 0.4) is 0 Å². The largest absolute Gasteiger partial charge is 0.497 e. The van der Waals surface area contributed by atoms with Crippen molar-refractivity contribution in [3.05, 3.63) is 53.9 Å². The average Bonchev–Trinajstić information content (AvgIpc) is 3.60. The highest BCUT2D eigenvalue weighted by Crippen LogP contribution is 2.38. The molecular weight excluding hydrogens is 498 g/mol. The van der Waals surface area contributed by atoms with Crippen LogP contribution in [0.5, 0.6) is 5.75 Å². The third-order valence-corrected chi connectivity index (χ3v) is 7.78. The number of methoxy groups -OCH3 is 2. The van der Waals surface area contributed by atoms with Crippen molar-refractivity contribution >= 4 is 28.6 Å². The topological polar surface area (TPSA) is 110 Å². The van der Waals surface area contributed by atoms with Gasteiger partial charge in [0.2, 0.25) is 0 Å². The van der Waals surface area contributed by atoms with Gasteiger partial charge in [-0.1, -0.05) is 0 Å². The second-order valence-electron chi connectivity index (χ2n) is 10.5. The highest BCUT2D eigenvalue weighted by molar-refractivity contribution is 5.95. The van der Waals surface area contributed by atoms with Crippen molar-refractivity contribution < 1.29 is 24.2 Å². The van der Waals surface area contributed by atoms with Crippen molar-refractivity contribution in [1.82, 2.24) is 24.2 Å². The molecule has 0 spiro atoms. The number of nitrogens with one attached hydrogen (secondary N) is 1. The van der Waals surface area contributed by atoms with Gasteiger partial charge in [0.25, 0.3) is 5.91 Å². The van der Waals surface area contributed by atoms with Crippen LogP contribution >= 0.6 is 0 Å². The van der Waals surface area contributed by atoms with E-state index in [2.05, 4.69) is 28.1 Å². The van der Waals surface area contributed by atoms with Crippen LogP contribution in [0.1, 0.15) is 41.7 Å². The van der Waals surface area contributed by atoms with Crippen LogP contribution in [0, 0.1) is 5.92 Å². The molecule has 1 aliphatic carbocycles. The van der Waals surface area contributed by atoms with Crippen molar-refractivity contribution in [3.63, 3.8) is 0 Å². The first kappa shape index (κ1) is 25.2. The van der Waals surface area contributed by atoms with Crippen molar-refractivity contribution in [2.45, 2.75) is 44.9 Å². The van der Waals surface area contributed by atoms with Gasteiger partial charge in [-0.25, -0.2) is 9.78 Å². The van der Waals surface area contributed by atoms with E-state index in [1.165, 1.54) is 12.8 Å². The van der Waals surface area contributed by atoms with E-state index in [0.717, 1.165) is 53.1 Å². The summed E-state index contributed by atoms with van der Waals surface area (Å²) in [7, 11) is 3.35. The molecule has 0 bridgehead atoms. The molecule has 1 saturated carbocycles. The summed E-state index contributed by atoms with van der Waals surface area (Å²) in [5, 5.41) is 12.7. The van der Waals surface area contributed by atoms with E-state index in [9.17, 15) is 9.59 Å². The third kappa shape index (κ3) is 4.92. The first-order chi connectivity index (χ1) is 18.9. The number of hydrogen-bond donors (Lipinski definition) is 2. The first-order valence-electron chi connectivity index (χ1n) is 13.4. The molecule has 2 N–H and O–H groups in total. The molecule has 1 atom stereocenters. The van der Waals surface area contributed by atoms with Crippen LogP contribution < -0.4 is 10.1 Å². The fraction of sp³-hybridized carbons (Fsp3) is 0.414. The lowest BCUT2D eigenvalue weighted by atomic mass is 10.0. The van der Waals surface area contributed by atoms with E-state index in [1.807, 2.05) is 22.7 Å². The molecule has 39 heavy (non-hydrogen) atoms. The van der Waals surface area contributed by atoms with Crippen molar-refractivity contribution in [2.24, 2.45) is 5.92 Å². The molecule has 10 heteroatoms. The molecule has 6 rings (SSSR count). The lowest BCUT2D eigenvalue weighted by Gasteiger charge is -2.32. The number of pyridine rings is 1. The minimum Gasteiger partial charge on any atom is -0.497 e. The Morgan fingerprint density at radius 1 is 1.13 bits per heavy atom. The molecule has 1 saturated heterocycles. The van der Waals surface area contributed by atoms with Gasteiger partial charge in [0.1, 0.15) is 17.1 Å². The Bertz CT molecular complexity index is 1550. The number of hydrogen-bond acceptors (Lipinski definition) is 5. The van der Waals surface area contributed by atoms with Crippen LogP contribution in [-0.4, -0.2) is 69.3 Å². The number of ether oxygens (including phenoxy) is 2. The predicted molar refractivity (Wildman–Crippen MR) is 146 cm³/mol. The van der Waals surface area contributed by atoms with Crippen molar-refractivity contribution in [3.8, 4) is 17.1 Å². The van der Waals surface area contributed by atoms with Gasteiger partial charge in [-0.05, 0) is 61.9 Å². The van der Waals surface area contributed by atoms with Gasteiger partial charge in [0.05, 0.1) is 30.6 Å². The van der Waals surface area contributed by atoms with E-state index < -0.39 is 6.09 Å². The maximum absolute atomic E-state index is 13.4. The fourth-order valence-corrected chi connectivity index (χ4v) is 5.66. The quantitative estimate of drug-likeness (QED) is 0.349. The van der Waals surface area contributed by atoms with Gasteiger partial charge in [-0.2, -0.15) is 0 Å². The average molecular weight is 532 g/mol. The first-order valence-corrected chi connectivity index (χ1v) is 13.4. The normalized spacial score (nSPS) is 17.6. The summed E-state index contributed by atoms with van der Waals surface area (Å²) >= 11 is 0. The van der Waals surface area contributed by atoms with Gasteiger partial charge in [0.15, 0.2) is 0 Å². The van der Waals surface area contributed by atoms with Gasteiger partial charge in [-0.3, -0.25) is 4.79 Å². The molecule has 1 aliphatic heterocycles. The Balaban J connectivity index is 1.40. The van der Waals surface area contributed by atoms with Crippen molar-refractivity contribution in [2.75, 3.05) is 27.3 Å². The third-order valence-electron chi connectivity index (χ3n) is 7.78. The minimum atomic E-state index is -1.07. The number of nitrogens with zero attached hydrogens (tertiary/aromatic N) is 4. The number of rotatable bonds is 8. The molecule has 2 amide bonds. The molecule has 4 aromatic rings. The number of aromatic nitrogens is 3. The smallest absolute Gasteiger partial charge is 0.404 e. The summed E-state index contributed by atoms with van der Waals surface area (Å²) in [5.41, 5.74) is 5.08. The van der Waals surface area contributed by atoms with Gasteiger partial charge < -0.3 is 33.8 Å². The molecule has 0 radical (unpaired) electrons. The fourth-order valence-electron chi connectivity index (χ4n) is 5.66. The summed E-state index contributed by atoms with van der Waals surface area (Å²) in [6, 6.07) is 11.7. The molecule has 4 heterocycles. The zero-order valence-electron chi connectivity index (χ0n) is 22.2. The van der Waals surface area contributed by atoms with Gasteiger partial charge in [-0.15, -0.1) is 0 Å². The molecule has 2 fully saturated rings. The zero-order chi connectivity index (χ0) is 27.1. The van der Waals surface area contributed by atoms with Crippen LogP contribution in [0.25, 0.3) is 27.9 Å². The lowest BCUT2D eigenvalue weighted by molar-refractivity contribution is 0.0692. The molecule has 10 nitrogen and oxygen atoms in total. The van der Waals surface area contributed by atoms with Gasteiger partial charge >= 0.3 is 6.09 Å². The summed E-state index contributed by atoms with van der Waals surface area (Å²) in [4.78, 5) is 31.3. The Hall–Kier alpha value is -4.05. The van der Waals surface area contributed by atoms with E-state index >= 15 is 0 Å². The monoisotopic (exact) mass is 531 g/mol. The number of amides is 2. The SMILES string of the molecule is COCc1c(-c2cc3ccc(OC)cc3n2CC2CC2)nc2cc(C(=O)N3CCCC(NC(=O)O)C3)ccn12. The number of imidazole rings is 1. The molecule has 1 unspecified atom stereocenters. The number of benzene rings is 1. The Morgan fingerprint density at radius 2 is 1.97 bits per heavy atom. The number of piperidine rings is 1. The van der Waals surface area contributed by atoms with E-state index in [0.29, 0.717) is 36.8 Å². The maximum atomic E-state index is 13.4. The Kier molecular flexibility index (Phi) is 6.64. The molecule has 3 aromatic heterocycles. The Labute approximate surface area is 226 Å². The number of carbonyl (C=O) groups is 2. The summed E-state index contributed by atoms with van der Waals surface area (Å²) < 4.78 is 15.4. The standard InChI is InChI=1S/C29H33N5O5/c1-38-17-25-27(24-12-19-7-8-22(39-2)14-23(19)34(24)15-18-5-6-18)31-26-13-20(9-11-33(25)26)28(35)32-10-3-4-21(16-32)30-29(36)37/h7-9,11-14,18,21,30H,3-6,10,15-17H2,1-2H3,(H,36,37). The van der Waals surface area contributed by atoms with E-state index in [1.54, 1.807) is 25.2 Å². The van der Waals surface area contributed by atoms with Crippen LogP contribution in [-0.2, 0) is 17.9 Å². The summed E-state index contributed by atoms with van der Waals surface area (Å²) in [6.07, 6.45) is 4.74. The minimum absolute atomic E-state index is 0.123. The lowest BCUT2D eigenvalue weighted by Crippen LogP contribution is -2.49. The predicted octanol–water partition coefficient (Wildman–Crippen LogP) is 4.39. The van der Waals surface area contributed by atoms with Crippen LogP contribution in [0.15, 0.2) is 42.6 Å². The highest BCUT2D eigenvalue weighted by Gasteiger charge is 2.28. The zero-order valence-corrected chi connectivity index (χ0v) is 22.2. The van der Waals surface area contributed by atoms with Gasteiger partial charge in [0, 0.05) is 56.0 Å². The number of fused-ring (bicyclic) bond motifs is 2. The number of carboxylic acid groups (broad SMARTS) is 1.